The molecule has 3 rings (SSSR count). The molecule has 0 aromatic carbocycles. The molecule has 0 bridgehead atoms. The number of H-pyrrole nitrogens is 1. The van der Waals surface area contributed by atoms with Gasteiger partial charge in [0.05, 0.1) is 0 Å². The number of aromatic amines is 1. The zero-order chi connectivity index (χ0) is 13.8. The third-order valence-electron chi connectivity index (χ3n) is 3.02. The monoisotopic (exact) mass is 261 g/mol. The van der Waals surface area contributed by atoms with Crippen LogP contribution in [0.3, 0.4) is 0 Å². The van der Waals surface area contributed by atoms with Crippen molar-refractivity contribution >= 4 is 5.65 Å². The van der Waals surface area contributed by atoms with Crippen molar-refractivity contribution in [2.75, 3.05) is 0 Å². The van der Waals surface area contributed by atoms with Crippen molar-refractivity contribution in [3.05, 3.63) is 23.9 Å². The van der Waals surface area contributed by atoms with E-state index in [2.05, 4.69) is 36.1 Å². The molecule has 0 saturated carbocycles. The molecule has 0 amide bonds. The van der Waals surface area contributed by atoms with Gasteiger partial charge in [-0.2, -0.15) is 0 Å². The van der Waals surface area contributed by atoms with Crippen molar-refractivity contribution in [1.29, 1.82) is 0 Å². The van der Waals surface area contributed by atoms with Crippen molar-refractivity contribution in [2.45, 2.75) is 26.2 Å². The Kier molecular flexibility index (Phi) is 2.16. The van der Waals surface area contributed by atoms with E-state index in [1.165, 1.54) is 16.7 Å². The second kappa shape index (κ2) is 3.53. The lowest BCUT2D eigenvalue weighted by molar-refractivity contribution is 0.397. The van der Waals surface area contributed by atoms with Crippen molar-refractivity contribution in [2.24, 2.45) is 0 Å². The van der Waals surface area contributed by atoms with Crippen molar-refractivity contribution < 1.29 is 10.2 Å². The molecule has 0 fully saturated rings. The number of nitrogens with one attached hydrogen (secondary N) is 1. The first-order chi connectivity index (χ1) is 8.88. The summed E-state index contributed by atoms with van der Waals surface area (Å²) in [4.78, 5) is 0. The highest BCUT2D eigenvalue weighted by molar-refractivity contribution is 5.45. The first-order valence-corrected chi connectivity index (χ1v) is 5.92. The van der Waals surface area contributed by atoms with Crippen molar-refractivity contribution in [3.63, 3.8) is 0 Å². The molecule has 0 spiro atoms. The van der Waals surface area contributed by atoms with E-state index < -0.39 is 0 Å². The number of fused-ring (bicyclic) bond motifs is 1. The molecule has 3 N–H and O–H groups in total. The van der Waals surface area contributed by atoms with Gasteiger partial charge in [-0.1, -0.05) is 20.8 Å². The summed E-state index contributed by atoms with van der Waals surface area (Å²) in [6.07, 6.45) is 0. The normalized spacial score (nSPS) is 12.4. The minimum atomic E-state index is -0.0984. The fourth-order valence-corrected chi connectivity index (χ4v) is 1.92. The lowest BCUT2D eigenvalue weighted by atomic mass is 9.93. The number of nitrogens with zero attached hydrogens (tertiary/aromatic N) is 4. The largest absolute Gasteiger partial charge is 0.494 e. The van der Waals surface area contributed by atoms with Gasteiger partial charge in [0.15, 0.2) is 5.65 Å². The second-order valence-corrected chi connectivity index (χ2v) is 5.50. The van der Waals surface area contributed by atoms with Crippen LogP contribution in [0, 0.1) is 0 Å². The summed E-state index contributed by atoms with van der Waals surface area (Å²) in [5, 5.41) is 30.6. The molecule has 7 heteroatoms. The van der Waals surface area contributed by atoms with Crippen LogP contribution in [-0.2, 0) is 5.41 Å². The molecule has 3 heterocycles. The maximum atomic E-state index is 9.74. The second-order valence-electron chi connectivity index (χ2n) is 5.50. The molecule has 0 saturated heterocycles. The lowest BCUT2D eigenvalue weighted by Gasteiger charge is -2.15. The van der Waals surface area contributed by atoms with Crippen LogP contribution >= 0.6 is 0 Å². The highest BCUT2D eigenvalue weighted by Crippen LogP contribution is 2.27. The Morgan fingerprint density at radius 3 is 2.32 bits per heavy atom. The SMILES string of the molecule is CC(C)(C)c1cc2nnc(-n3c(O)ccc3O)n2[nH]1. The van der Waals surface area contributed by atoms with Crippen LogP contribution in [0.2, 0.25) is 0 Å². The number of aromatic nitrogens is 5. The van der Waals surface area contributed by atoms with Crippen LogP contribution in [0.15, 0.2) is 18.2 Å². The third kappa shape index (κ3) is 1.66. The highest BCUT2D eigenvalue weighted by atomic mass is 16.3. The molecule has 0 radical (unpaired) electrons. The highest BCUT2D eigenvalue weighted by Gasteiger charge is 2.21. The summed E-state index contributed by atoms with van der Waals surface area (Å²) < 4.78 is 2.84. The maximum absolute atomic E-state index is 9.74. The fourth-order valence-electron chi connectivity index (χ4n) is 1.92. The van der Waals surface area contributed by atoms with Crippen LogP contribution in [0.1, 0.15) is 26.5 Å². The smallest absolute Gasteiger partial charge is 0.260 e. The molecule has 7 nitrogen and oxygen atoms in total. The molecule has 3 aromatic rings. The summed E-state index contributed by atoms with van der Waals surface area (Å²) in [5.74, 6) is 0.114. The first-order valence-electron chi connectivity index (χ1n) is 5.92. The molecule has 0 unspecified atom stereocenters. The van der Waals surface area contributed by atoms with Gasteiger partial charge >= 0.3 is 0 Å². The average molecular weight is 261 g/mol. The van der Waals surface area contributed by atoms with Gasteiger partial charge < -0.3 is 10.2 Å². The Hall–Kier alpha value is -2.44. The van der Waals surface area contributed by atoms with E-state index in [9.17, 15) is 10.2 Å². The molecule has 0 aliphatic rings. The van der Waals surface area contributed by atoms with Gasteiger partial charge in [-0.3, -0.25) is 5.10 Å². The quantitative estimate of drug-likeness (QED) is 0.620. The number of hydrogen-bond acceptors (Lipinski definition) is 4. The third-order valence-corrected chi connectivity index (χ3v) is 3.02. The van der Waals surface area contributed by atoms with Gasteiger partial charge in [-0.05, 0) is 0 Å². The summed E-state index contributed by atoms with van der Waals surface area (Å²) in [6, 6.07) is 4.68. The number of aromatic hydroxyl groups is 2. The Morgan fingerprint density at radius 1 is 1.11 bits per heavy atom. The first kappa shape index (κ1) is 11.6. The number of rotatable bonds is 1. The maximum Gasteiger partial charge on any atom is 0.260 e. The van der Waals surface area contributed by atoms with E-state index in [0.717, 1.165) is 5.69 Å². The number of hydrogen-bond donors (Lipinski definition) is 3. The Morgan fingerprint density at radius 2 is 1.74 bits per heavy atom. The lowest BCUT2D eigenvalue weighted by Crippen LogP contribution is -2.12. The van der Waals surface area contributed by atoms with Gasteiger partial charge in [0, 0.05) is 29.3 Å². The van der Waals surface area contributed by atoms with Gasteiger partial charge in [0.25, 0.3) is 5.95 Å². The summed E-state index contributed by atoms with van der Waals surface area (Å²) in [7, 11) is 0. The summed E-state index contributed by atoms with van der Waals surface area (Å²) in [6.45, 7) is 6.24. The van der Waals surface area contributed by atoms with Crippen LogP contribution in [0.4, 0.5) is 0 Å². The molecule has 3 aromatic heterocycles. The fraction of sp³-hybridized carbons (Fsp3) is 0.333. The van der Waals surface area contributed by atoms with E-state index in [1.807, 2.05) is 6.07 Å². The van der Waals surface area contributed by atoms with Crippen molar-refractivity contribution in [3.8, 4) is 17.7 Å². The van der Waals surface area contributed by atoms with Crippen molar-refractivity contribution in [1.82, 2.24) is 24.4 Å². The van der Waals surface area contributed by atoms with Crippen LogP contribution < -0.4 is 0 Å². The molecule has 100 valence electrons. The predicted molar refractivity (Wildman–Crippen MR) is 68.7 cm³/mol. The molecular weight excluding hydrogens is 246 g/mol. The molecule has 19 heavy (non-hydrogen) atoms. The predicted octanol–water partition coefficient (Wildman–Crippen LogP) is 1.56. The van der Waals surface area contributed by atoms with E-state index in [0.29, 0.717) is 11.6 Å². The Balaban J connectivity index is 2.23. The average Bonchev–Trinajstić information content (AvgIpc) is 2.93. The summed E-state index contributed by atoms with van der Waals surface area (Å²) >= 11 is 0. The molecular formula is C12H15N5O2. The van der Waals surface area contributed by atoms with Crippen LogP contribution in [0.25, 0.3) is 11.6 Å². The minimum Gasteiger partial charge on any atom is -0.494 e. The Labute approximate surface area is 109 Å². The molecule has 0 aliphatic heterocycles. The zero-order valence-electron chi connectivity index (χ0n) is 10.9. The summed E-state index contributed by atoms with van der Waals surface area (Å²) in [5.41, 5.74) is 1.57. The minimum absolute atomic E-state index is 0.0568. The van der Waals surface area contributed by atoms with Gasteiger partial charge in [-0.25, -0.2) is 9.08 Å². The van der Waals surface area contributed by atoms with E-state index in [-0.39, 0.29) is 17.2 Å². The van der Waals surface area contributed by atoms with E-state index in [1.54, 1.807) is 4.52 Å². The standard InChI is InChI=1S/C12H15N5O2/c1-12(2,3)7-6-8-13-14-11(17(8)15-7)16-9(18)4-5-10(16)19/h4-6,15,18-19H,1-3H3. The van der Waals surface area contributed by atoms with Crippen LogP contribution in [-0.4, -0.2) is 34.6 Å². The molecule has 0 aliphatic carbocycles. The topological polar surface area (TPSA) is 91.4 Å². The van der Waals surface area contributed by atoms with E-state index >= 15 is 0 Å². The van der Waals surface area contributed by atoms with E-state index in [4.69, 9.17) is 0 Å². The zero-order valence-corrected chi connectivity index (χ0v) is 10.9. The van der Waals surface area contributed by atoms with Gasteiger partial charge in [0.2, 0.25) is 11.8 Å². The van der Waals surface area contributed by atoms with Gasteiger partial charge in [0.1, 0.15) is 0 Å². The van der Waals surface area contributed by atoms with Crippen LogP contribution in [0.5, 0.6) is 11.8 Å². The Bertz CT molecular complexity index is 724. The molecule has 0 atom stereocenters. The van der Waals surface area contributed by atoms with Gasteiger partial charge in [-0.15, -0.1) is 10.2 Å².